The van der Waals surface area contributed by atoms with Crippen LogP contribution in [0.2, 0.25) is 0 Å². The SMILES string of the molecule is CC1=C(C)C(C)(C)C2(CCCC2)C1(C)C.CC1=C(C)C(C)(C)C2(CCCCC2)C1(C)C.CC1=C(C)C(C)(c2ccccc2)CC1(C)C.CC1=C(C)C(C)(c2ccccc2)CC1(C)c1ccccc1.CC1=C(C)C(C)(c2ccccc2)CC1(C)c1ccccc1.CC1=C(C)C(c2ccccc2)(c2ccccc2)CC1(C)C.CC1=C(C)C2(CCCC2)CC1(C)C. The molecule has 3 saturated carbocycles. The molecule has 0 nitrogen and oxygen atoms in total. The topological polar surface area (TPSA) is 0 Å². The highest BCUT2D eigenvalue weighted by molar-refractivity contribution is 5.56. The van der Waals surface area contributed by atoms with Crippen LogP contribution in [0.3, 0.4) is 0 Å². The fourth-order valence-corrected chi connectivity index (χ4v) is 28.4. The Morgan fingerprint density at radius 3 is 0.577 bits per heavy atom. The largest absolute Gasteiger partial charge is 0.0682 e. The zero-order chi connectivity index (χ0) is 90.6. The van der Waals surface area contributed by atoms with Crippen LogP contribution in [0.4, 0.5) is 0 Å². The van der Waals surface area contributed by atoms with E-state index < -0.39 is 0 Å². The summed E-state index contributed by atoms with van der Waals surface area (Å²) in [7, 11) is 0. The highest BCUT2D eigenvalue weighted by Gasteiger charge is 2.63. The summed E-state index contributed by atoms with van der Waals surface area (Å²) in [6, 6.07) is 76.7. The van der Waals surface area contributed by atoms with E-state index in [0.29, 0.717) is 48.7 Å². The van der Waals surface area contributed by atoms with Crippen LogP contribution < -0.4 is 0 Å². The smallest absolute Gasteiger partial charge is 0.0419 e. The second-order valence-electron chi connectivity index (χ2n) is 46.3. The summed E-state index contributed by atoms with van der Waals surface area (Å²) in [5.41, 5.74) is 37.6. The van der Waals surface area contributed by atoms with E-state index in [1.54, 1.807) is 44.6 Å². The molecule has 123 heavy (non-hydrogen) atoms. The minimum atomic E-state index is 0.0239. The van der Waals surface area contributed by atoms with Gasteiger partial charge in [-0.25, -0.2) is 0 Å². The van der Waals surface area contributed by atoms with Crippen LogP contribution >= 0.6 is 0 Å². The summed E-state index contributed by atoms with van der Waals surface area (Å²) in [5.74, 6) is 0. The van der Waals surface area contributed by atoms with Gasteiger partial charge in [0.25, 0.3) is 0 Å². The number of allylic oxidation sites excluding steroid dienone is 14. The lowest BCUT2D eigenvalue weighted by molar-refractivity contribution is -0.0196. The van der Waals surface area contributed by atoms with Gasteiger partial charge in [-0.2, -0.15) is 0 Å². The van der Waals surface area contributed by atoms with Crippen molar-refractivity contribution in [3.05, 3.63) is 329 Å². The van der Waals surface area contributed by atoms with Crippen LogP contribution in [0.25, 0.3) is 0 Å². The Hall–Kier alpha value is -7.28. The van der Waals surface area contributed by atoms with E-state index >= 15 is 0 Å². The first-order valence-corrected chi connectivity index (χ1v) is 48.5. The molecule has 7 aromatic rings. The summed E-state index contributed by atoms with van der Waals surface area (Å²) in [4.78, 5) is 0. The van der Waals surface area contributed by atoms with E-state index in [2.05, 4.69) is 441 Å². The molecule has 3 spiro atoms. The van der Waals surface area contributed by atoms with Crippen LogP contribution in [0.1, 0.15) is 383 Å². The minimum absolute atomic E-state index is 0.0239. The lowest BCUT2D eigenvalue weighted by Crippen LogP contribution is -2.46. The molecule has 7 aromatic carbocycles. The highest BCUT2D eigenvalue weighted by Crippen LogP contribution is 2.73. The fourth-order valence-electron chi connectivity index (χ4n) is 28.4. The molecule has 0 heterocycles. The minimum Gasteiger partial charge on any atom is -0.0682 e. The summed E-state index contributed by atoms with van der Waals surface area (Å²) in [6.07, 6.45) is 24.8. The van der Waals surface area contributed by atoms with Crippen molar-refractivity contribution in [1.82, 2.24) is 0 Å². The van der Waals surface area contributed by atoms with E-state index in [4.69, 9.17) is 0 Å². The van der Waals surface area contributed by atoms with Gasteiger partial charge in [-0.05, 0) is 261 Å². The molecule has 17 rings (SSSR count). The molecule has 0 N–H and O–H groups in total. The van der Waals surface area contributed by atoms with Gasteiger partial charge in [-0.3, -0.25) is 0 Å². The fraction of sp³-hybridized carbons (Fsp3) is 0.545. The molecule has 10 aliphatic rings. The average molecular weight is 1650 g/mol. The molecule has 0 heteroatoms. The molecule has 662 valence electrons. The molecule has 0 bridgehead atoms. The summed E-state index contributed by atoms with van der Waals surface area (Å²) in [6.45, 7) is 78.9. The average Bonchev–Trinajstić information content (AvgIpc) is 1.54. The maximum Gasteiger partial charge on any atom is 0.0419 e. The quantitative estimate of drug-likeness (QED) is 0.140. The van der Waals surface area contributed by atoms with Crippen LogP contribution in [0.5, 0.6) is 0 Å². The zero-order valence-electron chi connectivity index (χ0n) is 84.4. The van der Waals surface area contributed by atoms with E-state index in [0.717, 1.165) is 19.3 Å². The molecule has 5 atom stereocenters. The van der Waals surface area contributed by atoms with Gasteiger partial charge in [0.05, 0.1) is 0 Å². The van der Waals surface area contributed by atoms with Crippen molar-refractivity contribution in [2.45, 2.75) is 377 Å². The van der Waals surface area contributed by atoms with Gasteiger partial charge < -0.3 is 0 Å². The van der Waals surface area contributed by atoms with Crippen molar-refractivity contribution < 1.29 is 0 Å². The molecule has 3 fully saturated rings. The number of hydrogen-bond donors (Lipinski definition) is 0. The third-order valence-corrected chi connectivity index (χ3v) is 39.1. The first-order valence-electron chi connectivity index (χ1n) is 48.5. The molecule has 0 saturated heterocycles. The van der Waals surface area contributed by atoms with E-state index in [-0.39, 0.29) is 37.9 Å². The summed E-state index contributed by atoms with van der Waals surface area (Å²) >= 11 is 0. The molecular formula is C123H170. The molecule has 0 aliphatic heterocycles. The third kappa shape index (κ3) is 16.6. The second-order valence-corrected chi connectivity index (χ2v) is 46.3. The number of hydrogen-bond acceptors (Lipinski definition) is 0. The van der Waals surface area contributed by atoms with Gasteiger partial charge in [0.1, 0.15) is 0 Å². The Morgan fingerprint density at radius 2 is 0.358 bits per heavy atom. The van der Waals surface area contributed by atoms with Crippen molar-refractivity contribution in [3.63, 3.8) is 0 Å². The van der Waals surface area contributed by atoms with Crippen molar-refractivity contribution >= 4 is 0 Å². The van der Waals surface area contributed by atoms with Crippen molar-refractivity contribution in [2.24, 2.45) is 54.1 Å². The first-order chi connectivity index (χ1) is 57.4. The van der Waals surface area contributed by atoms with Gasteiger partial charge in [0.15, 0.2) is 0 Å². The van der Waals surface area contributed by atoms with Crippen LogP contribution in [-0.2, 0) is 32.5 Å². The van der Waals surface area contributed by atoms with Gasteiger partial charge in [-0.15, -0.1) is 0 Å². The molecule has 10 aliphatic carbocycles. The number of rotatable bonds is 7. The maximum absolute atomic E-state index is 2.49. The lowest BCUT2D eigenvalue weighted by atomic mass is 9.50. The highest BCUT2D eigenvalue weighted by atomic mass is 14.7. The molecule has 5 unspecified atom stereocenters. The zero-order valence-corrected chi connectivity index (χ0v) is 84.4. The van der Waals surface area contributed by atoms with Gasteiger partial charge in [-0.1, -0.05) is 467 Å². The molecule has 0 amide bonds. The Kier molecular flexibility index (Phi) is 27.7. The standard InChI is InChI=1S/3C21H24.C16H28.C16H22.C15H26.C13H22/c2*1-16-17(2)21(4,19-13-9-6-10-14-19)15-20(16,3)18-11-7-5-8-12-18;1-16-17(2)21(15-20(16,3)4,18-11-7-5-8-12-18)19-13-9-6-10-14-19;1-12-13(2)15(5,6)16(14(12,3)4)10-8-7-9-11-16;1-12-13(2)16(5,11-15(12,3)4)14-9-7-6-8-10-14;1-11-12(2)14(5,6)15(13(11,3)4)9-7-8-10-15;1-10-11(2)13(7-5-6-8-13)9-12(10,3)4/h3*5-14H,15H2,1-4H3;7-11H2,1-6H3;6-10H,11H2,1-5H3;7-10H2,1-6H3;5-9H2,1-4H3. The van der Waals surface area contributed by atoms with Crippen LogP contribution in [-0.4, -0.2) is 0 Å². The lowest BCUT2D eigenvalue weighted by Gasteiger charge is -2.53. The van der Waals surface area contributed by atoms with Gasteiger partial charge >= 0.3 is 0 Å². The summed E-state index contributed by atoms with van der Waals surface area (Å²) in [5, 5.41) is 0. The Bertz CT molecular complexity index is 4730. The van der Waals surface area contributed by atoms with E-state index in [1.807, 2.05) is 0 Å². The number of benzene rings is 7. The monoisotopic (exact) mass is 1650 g/mol. The van der Waals surface area contributed by atoms with Gasteiger partial charge in [0.2, 0.25) is 0 Å². The van der Waals surface area contributed by atoms with Crippen molar-refractivity contribution in [3.8, 4) is 0 Å². The third-order valence-electron chi connectivity index (χ3n) is 39.1. The molecule has 0 radical (unpaired) electrons. The van der Waals surface area contributed by atoms with Gasteiger partial charge in [0, 0.05) is 32.5 Å². The van der Waals surface area contributed by atoms with Crippen molar-refractivity contribution in [2.75, 3.05) is 0 Å². The second kappa shape index (κ2) is 35.4. The predicted molar refractivity (Wildman–Crippen MR) is 538 cm³/mol. The molecular weight excluding hydrogens is 1480 g/mol. The first kappa shape index (κ1) is 96.4. The van der Waals surface area contributed by atoms with Crippen molar-refractivity contribution in [1.29, 1.82) is 0 Å². The van der Waals surface area contributed by atoms with E-state index in [9.17, 15) is 0 Å². The normalized spacial score (nSPS) is 28.1. The van der Waals surface area contributed by atoms with Crippen LogP contribution in [0.15, 0.2) is 290 Å². The Morgan fingerprint density at radius 1 is 0.163 bits per heavy atom. The molecule has 0 aromatic heterocycles. The Balaban J connectivity index is 0.000000141. The predicted octanol–water partition coefficient (Wildman–Crippen LogP) is 36.3. The van der Waals surface area contributed by atoms with E-state index in [1.165, 1.54) is 169 Å². The summed E-state index contributed by atoms with van der Waals surface area (Å²) < 4.78 is 0. The van der Waals surface area contributed by atoms with Crippen LogP contribution in [0, 0.1) is 54.1 Å². The maximum atomic E-state index is 2.49. The Labute approximate surface area is 754 Å².